The van der Waals surface area contributed by atoms with E-state index in [1.54, 1.807) is 12.1 Å². The van der Waals surface area contributed by atoms with Gasteiger partial charge in [-0.15, -0.1) is 0 Å². The van der Waals surface area contributed by atoms with E-state index >= 15 is 0 Å². The Hall–Kier alpha value is -1.19. The summed E-state index contributed by atoms with van der Waals surface area (Å²) in [6, 6.07) is 8.08. The molecule has 0 bridgehead atoms. The zero-order valence-corrected chi connectivity index (χ0v) is 12.3. The number of benzene rings is 1. The third-order valence-electron chi connectivity index (χ3n) is 3.58. The summed E-state index contributed by atoms with van der Waals surface area (Å²) in [7, 11) is 0. The number of thioether (sulfide) groups is 1. The predicted octanol–water partition coefficient (Wildman–Crippen LogP) is 4.79. The highest BCUT2D eigenvalue weighted by molar-refractivity contribution is 8.00. The number of rotatable bonds is 4. The zero-order valence-electron chi connectivity index (χ0n) is 11.5. The first-order chi connectivity index (χ1) is 9.98. The Bertz CT molecular complexity index is 487. The summed E-state index contributed by atoms with van der Waals surface area (Å²) in [4.78, 5) is 0.139. The van der Waals surface area contributed by atoms with Crippen molar-refractivity contribution in [3.8, 4) is 6.07 Å². The van der Waals surface area contributed by atoms with Gasteiger partial charge >= 0.3 is 5.51 Å². The van der Waals surface area contributed by atoms with E-state index in [2.05, 4.69) is 11.4 Å². The molecule has 1 fully saturated rings. The zero-order chi connectivity index (χ0) is 15.3. The van der Waals surface area contributed by atoms with Crippen molar-refractivity contribution in [1.29, 1.82) is 5.26 Å². The molecule has 21 heavy (non-hydrogen) atoms. The van der Waals surface area contributed by atoms with E-state index in [1.807, 2.05) is 0 Å². The van der Waals surface area contributed by atoms with E-state index in [0.29, 0.717) is 6.04 Å². The highest BCUT2D eigenvalue weighted by Crippen LogP contribution is 2.37. The topological polar surface area (TPSA) is 35.8 Å². The Morgan fingerprint density at radius 1 is 1.14 bits per heavy atom. The fourth-order valence-electron chi connectivity index (χ4n) is 2.57. The van der Waals surface area contributed by atoms with Gasteiger partial charge in [0.25, 0.3) is 0 Å². The van der Waals surface area contributed by atoms with Gasteiger partial charge in [0.05, 0.1) is 6.07 Å². The van der Waals surface area contributed by atoms with E-state index in [1.165, 1.54) is 18.6 Å². The number of nitrogens with zero attached hydrogens (tertiary/aromatic N) is 1. The van der Waals surface area contributed by atoms with Gasteiger partial charge in [-0.05, 0) is 42.3 Å². The van der Waals surface area contributed by atoms with Gasteiger partial charge in [-0.25, -0.2) is 0 Å². The molecule has 1 aliphatic rings. The second-order valence-electron chi connectivity index (χ2n) is 5.18. The highest BCUT2D eigenvalue weighted by atomic mass is 32.2. The Morgan fingerprint density at radius 3 is 2.29 bits per heavy atom. The number of halogens is 3. The Morgan fingerprint density at radius 2 is 1.76 bits per heavy atom. The lowest BCUT2D eigenvalue weighted by Crippen LogP contribution is -2.33. The van der Waals surface area contributed by atoms with Crippen molar-refractivity contribution >= 4 is 11.8 Å². The number of hydrogen-bond acceptors (Lipinski definition) is 3. The number of nitrogens with one attached hydrogen (secondary N) is 1. The molecule has 1 aromatic rings. The molecule has 0 amide bonds. The molecule has 114 valence electrons. The van der Waals surface area contributed by atoms with Crippen molar-refractivity contribution in [2.75, 3.05) is 0 Å². The fraction of sp³-hybridized carbons (Fsp3) is 0.533. The summed E-state index contributed by atoms with van der Waals surface area (Å²) in [6.45, 7) is 0. The van der Waals surface area contributed by atoms with Crippen LogP contribution in [0.4, 0.5) is 13.2 Å². The minimum absolute atomic E-state index is 0.139. The van der Waals surface area contributed by atoms with Crippen LogP contribution in [0.15, 0.2) is 29.2 Å². The molecule has 0 heterocycles. The predicted molar refractivity (Wildman–Crippen MR) is 76.7 cm³/mol. The maximum Gasteiger partial charge on any atom is 0.446 e. The fourth-order valence-corrected chi connectivity index (χ4v) is 3.11. The minimum atomic E-state index is -4.28. The first kappa shape index (κ1) is 16.2. The average Bonchev–Trinajstić information content (AvgIpc) is 2.45. The van der Waals surface area contributed by atoms with Crippen molar-refractivity contribution in [2.24, 2.45) is 0 Å². The molecule has 0 saturated heterocycles. The summed E-state index contributed by atoms with van der Waals surface area (Å²) in [5.41, 5.74) is -3.56. The van der Waals surface area contributed by atoms with Crippen LogP contribution in [0.25, 0.3) is 0 Å². The molecule has 2 nitrogen and oxygen atoms in total. The third-order valence-corrected chi connectivity index (χ3v) is 4.32. The van der Waals surface area contributed by atoms with Crippen LogP contribution in [0, 0.1) is 11.3 Å². The van der Waals surface area contributed by atoms with Crippen molar-refractivity contribution in [2.45, 2.75) is 54.6 Å². The number of nitriles is 1. The lowest BCUT2D eigenvalue weighted by atomic mass is 9.94. The number of hydrogen-bond donors (Lipinski definition) is 1. The van der Waals surface area contributed by atoms with Crippen LogP contribution < -0.4 is 5.32 Å². The van der Waals surface area contributed by atoms with E-state index in [0.717, 1.165) is 31.2 Å². The third kappa shape index (κ3) is 5.25. The van der Waals surface area contributed by atoms with Gasteiger partial charge in [-0.2, -0.15) is 18.4 Å². The molecule has 2 rings (SSSR count). The van der Waals surface area contributed by atoms with Gasteiger partial charge < -0.3 is 0 Å². The first-order valence-electron chi connectivity index (χ1n) is 6.99. The van der Waals surface area contributed by atoms with Gasteiger partial charge in [0.2, 0.25) is 0 Å². The van der Waals surface area contributed by atoms with E-state index in [4.69, 9.17) is 0 Å². The lowest BCUT2D eigenvalue weighted by Gasteiger charge is -2.25. The average molecular weight is 314 g/mol. The summed E-state index contributed by atoms with van der Waals surface area (Å²) in [6.07, 6.45) is 5.67. The van der Waals surface area contributed by atoms with Crippen molar-refractivity contribution in [1.82, 2.24) is 5.32 Å². The van der Waals surface area contributed by atoms with Crippen molar-refractivity contribution in [3.63, 3.8) is 0 Å². The smallest absolute Gasteiger partial charge is 0.295 e. The SMILES string of the molecule is N#CC(NC1CCCCC1)c1ccc(SC(F)(F)F)cc1. The standard InChI is InChI=1S/C15H17F3N2S/c16-15(17,18)21-13-8-6-11(7-9-13)14(10-19)20-12-4-2-1-3-5-12/h6-9,12,14,20H,1-5H2. The van der Waals surface area contributed by atoms with Gasteiger partial charge in [-0.3, -0.25) is 5.32 Å². The normalized spacial score (nSPS) is 18.2. The Labute approximate surface area is 126 Å². The maximum absolute atomic E-state index is 12.3. The largest absolute Gasteiger partial charge is 0.446 e. The quantitative estimate of drug-likeness (QED) is 0.812. The molecule has 1 unspecified atom stereocenters. The second-order valence-corrected chi connectivity index (χ2v) is 6.32. The Kier molecular flexibility index (Phi) is 5.54. The summed E-state index contributed by atoms with van der Waals surface area (Å²) < 4.78 is 36.8. The highest BCUT2D eigenvalue weighted by Gasteiger charge is 2.29. The molecule has 1 atom stereocenters. The van der Waals surface area contributed by atoms with Crippen LogP contribution >= 0.6 is 11.8 Å². The van der Waals surface area contributed by atoms with Gasteiger partial charge in [0, 0.05) is 10.9 Å². The Balaban J connectivity index is 1.99. The molecule has 1 aliphatic carbocycles. The van der Waals surface area contributed by atoms with Gasteiger partial charge in [0.15, 0.2) is 0 Å². The number of alkyl halides is 3. The molecule has 1 N–H and O–H groups in total. The van der Waals surface area contributed by atoms with E-state index in [-0.39, 0.29) is 16.7 Å². The van der Waals surface area contributed by atoms with Gasteiger partial charge in [-0.1, -0.05) is 31.4 Å². The van der Waals surface area contributed by atoms with Crippen LogP contribution in [0.5, 0.6) is 0 Å². The summed E-state index contributed by atoms with van der Waals surface area (Å²) in [5, 5.41) is 12.6. The van der Waals surface area contributed by atoms with Crippen LogP contribution in [0.2, 0.25) is 0 Å². The molecule has 1 saturated carbocycles. The molecule has 1 aromatic carbocycles. The van der Waals surface area contributed by atoms with Crippen molar-refractivity contribution < 1.29 is 13.2 Å². The summed E-state index contributed by atoms with van der Waals surface area (Å²) >= 11 is -0.139. The van der Waals surface area contributed by atoms with Gasteiger partial charge in [0.1, 0.15) is 6.04 Å². The maximum atomic E-state index is 12.3. The molecular weight excluding hydrogens is 297 g/mol. The minimum Gasteiger partial charge on any atom is -0.295 e. The van der Waals surface area contributed by atoms with E-state index < -0.39 is 11.6 Å². The molecule has 6 heteroatoms. The summed E-state index contributed by atoms with van der Waals surface area (Å²) in [5.74, 6) is 0. The lowest BCUT2D eigenvalue weighted by molar-refractivity contribution is -0.0328. The molecule has 0 radical (unpaired) electrons. The van der Waals surface area contributed by atoms with Crippen LogP contribution in [0.1, 0.15) is 43.7 Å². The molecule has 0 aliphatic heterocycles. The van der Waals surface area contributed by atoms with Crippen LogP contribution in [0.3, 0.4) is 0 Å². The monoisotopic (exact) mass is 314 g/mol. The molecule has 0 aromatic heterocycles. The van der Waals surface area contributed by atoms with Crippen molar-refractivity contribution in [3.05, 3.63) is 29.8 Å². The van der Waals surface area contributed by atoms with E-state index in [9.17, 15) is 18.4 Å². The second kappa shape index (κ2) is 7.19. The molecular formula is C15H17F3N2S. The van der Waals surface area contributed by atoms with Crippen LogP contribution in [-0.4, -0.2) is 11.6 Å². The first-order valence-corrected chi connectivity index (χ1v) is 7.81. The van der Waals surface area contributed by atoms with Crippen LogP contribution in [-0.2, 0) is 0 Å². The molecule has 0 spiro atoms.